The average Bonchev–Trinajstić information content (AvgIpc) is 2.99. The summed E-state index contributed by atoms with van der Waals surface area (Å²) in [6, 6.07) is 23.9. The Labute approximate surface area is 223 Å². The predicted octanol–water partition coefficient (Wildman–Crippen LogP) is 6.22. The molecule has 1 saturated carbocycles. The van der Waals surface area contributed by atoms with E-state index in [1.807, 2.05) is 78.9 Å². The number of ether oxygens (including phenoxy) is 2. The highest BCUT2D eigenvalue weighted by Crippen LogP contribution is 2.32. The Balaban J connectivity index is 1.22. The first-order valence-electron chi connectivity index (χ1n) is 13.4. The maximum absolute atomic E-state index is 13.2. The fourth-order valence-electron chi connectivity index (χ4n) is 5.42. The third-order valence-electron chi connectivity index (χ3n) is 7.62. The third kappa shape index (κ3) is 6.13. The van der Waals surface area contributed by atoms with Crippen molar-refractivity contribution in [2.24, 2.45) is 0 Å². The molecule has 0 aromatic heterocycles. The summed E-state index contributed by atoms with van der Waals surface area (Å²) in [5.41, 5.74) is 4.58. The SMILES string of the molecule is O=C(COC(=O)[C@H]1Cc2ccccc2CN1C(=O)OCc1ccccc1)c1ccc(C2CCCCC2)cc1. The number of ketones is 1. The van der Waals surface area contributed by atoms with Crippen LogP contribution in [0.25, 0.3) is 0 Å². The number of rotatable bonds is 7. The van der Waals surface area contributed by atoms with E-state index in [1.165, 1.54) is 42.6 Å². The van der Waals surface area contributed by atoms with E-state index in [0.717, 1.165) is 16.7 Å². The number of hydrogen-bond donors (Lipinski definition) is 0. The van der Waals surface area contributed by atoms with Gasteiger partial charge in [0.2, 0.25) is 0 Å². The van der Waals surface area contributed by atoms with Crippen molar-refractivity contribution in [3.63, 3.8) is 0 Å². The second-order valence-corrected chi connectivity index (χ2v) is 10.1. The highest BCUT2D eigenvalue weighted by molar-refractivity contribution is 5.98. The van der Waals surface area contributed by atoms with Gasteiger partial charge in [-0.1, -0.05) is 98.1 Å². The van der Waals surface area contributed by atoms with Crippen LogP contribution in [-0.4, -0.2) is 35.4 Å². The van der Waals surface area contributed by atoms with Crippen molar-refractivity contribution in [2.45, 2.75) is 63.6 Å². The first-order valence-corrected chi connectivity index (χ1v) is 13.4. The number of hydrogen-bond acceptors (Lipinski definition) is 5. The molecule has 0 saturated heterocycles. The van der Waals surface area contributed by atoms with E-state index in [2.05, 4.69) is 0 Å². The molecule has 0 radical (unpaired) electrons. The van der Waals surface area contributed by atoms with Gasteiger partial charge in [-0.05, 0) is 41.0 Å². The van der Waals surface area contributed by atoms with E-state index in [4.69, 9.17) is 9.47 Å². The number of fused-ring (bicyclic) bond motifs is 1. The summed E-state index contributed by atoms with van der Waals surface area (Å²) in [5.74, 6) is -0.307. The standard InChI is InChI=1S/C32H33NO5/c34-30(26-17-15-25(16-18-26)24-11-5-2-6-12-24)22-37-31(35)29-19-27-13-7-8-14-28(27)20-33(29)32(36)38-21-23-9-3-1-4-10-23/h1,3-4,7-10,13-18,24,29H,2,5-6,11-12,19-22H2/t29-/m1/s1. The van der Waals surface area contributed by atoms with Crippen molar-refractivity contribution >= 4 is 17.8 Å². The largest absolute Gasteiger partial charge is 0.456 e. The molecule has 1 atom stereocenters. The second kappa shape index (κ2) is 12.1. The van der Waals surface area contributed by atoms with Crippen molar-refractivity contribution in [3.8, 4) is 0 Å². The molecular formula is C32H33NO5. The molecule has 0 unspecified atom stereocenters. The smallest absolute Gasteiger partial charge is 0.411 e. The number of esters is 1. The zero-order valence-corrected chi connectivity index (χ0v) is 21.5. The van der Waals surface area contributed by atoms with E-state index >= 15 is 0 Å². The predicted molar refractivity (Wildman–Crippen MR) is 144 cm³/mol. The minimum absolute atomic E-state index is 0.106. The summed E-state index contributed by atoms with van der Waals surface area (Å²) in [6.07, 6.45) is 5.91. The van der Waals surface area contributed by atoms with Crippen LogP contribution in [0.4, 0.5) is 4.79 Å². The van der Waals surface area contributed by atoms with Crippen LogP contribution in [0.3, 0.4) is 0 Å². The summed E-state index contributed by atoms with van der Waals surface area (Å²) in [7, 11) is 0. The Kier molecular flexibility index (Phi) is 8.17. The third-order valence-corrected chi connectivity index (χ3v) is 7.62. The van der Waals surface area contributed by atoms with Gasteiger partial charge in [0.15, 0.2) is 12.4 Å². The number of Topliss-reactive ketones (excluding diaryl/α,β-unsaturated/α-hetero) is 1. The van der Waals surface area contributed by atoms with E-state index in [-0.39, 0.29) is 25.5 Å². The molecule has 0 N–H and O–H groups in total. The quantitative estimate of drug-likeness (QED) is 0.278. The Morgan fingerprint density at radius 1 is 0.763 bits per heavy atom. The van der Waals surface area contributed by atoms with Crippen molar-refractivity contribution in [1.29, 1.82) is 0 Å². The molecular weight excluding hydrogens is 478 g/mol. The van der Waals surface area contributed by atoms with Gasteiger partial charge in [0.05, 0.1) is 6.54 Å². The molecule has 3 aromatic carbocycles. The summed E-state index contributed by atoms with van der Waals surface area (Å²) < 4.78 is 11.0. The fraction of sp³-hybridized carbons (Fsp3) is 0.344. The average molecular weight is 512 g/mol. The van der Waals surface area contributed by atoms with Crippen LogP contribution >= 0.6 is 0 Å². The molecule has 38 heavy (non-hydrogen) atoms. The van der Waals surface area contributed by atoms with E-state index in [9.17, 15) is 14.4 Å². The number of carbonyl (C=O) groups is 3. The molecule has 1 fully saturated rings. The molecule has 1 amide bonds. The first kappa shape index (κ1) is 25.7. The molecule has 196 valence electrons. The Bertz CT molecular complexity index is 1260. The van der Waals surface area contributed by atoms with Gasteiger partial charge < -0.3 is 9.47 Å². The van der Waals surface area contributed by atoms with Gasteiger partial charge in [-0.3, -0.25) is 9.69 Å². The summed E-state index contributed by atoms with van der Waals surface area (Å²) >= 11 is 0. The van der Waals surface area contributed by atoms with E-state index < -0.39 is 18.1 Å². The number of carbonyl (C=O) groups excluding carboxylic acids is 3. The molecule has 3 aromatic rings. The van der Waals surface area contributed by atoms with Gasteiger partial charge >= 0.3 is 12.1 Å². The minimum atomic E-state index is -0.866. The lowest BCUT2D eigenvalue weighted by molar-refractivity contribution is -0.149. The Morgan fingerprint density at radius 3 is 2.18 bits per heavy atom. The molecule has 1 aliphatic carbocycles. The van der Waals surface area contributed by atoms with Gasteiger partial charge in [0.25, 0.3) is 0 Å². The maximum atomic E-state index is 13.2. The lowest BCUT2D eigenvalue weighted by Crippen LogP contribution is -2.49. The number of amides is 1. The van der Waals surface area contributed by atoms with Crippen LogP contribution in [0.2, 0.25) is 0 Å². The van der Waals surface area contributed by atoms with Crippen molar-refractivity contribution in [1.82, 2.24) is 4.90 Å². The van der Waals surface area contributed by atoms with Gasteiger partial charge in [-0.2, -0.15) is 0 Å². The van der Waals surface area contributed by atoms with Crippen LogP contribution in [-0.2, 0) is 33.8 Å². The lowest BCUT2D eigenvalue weighted by atomic mass is 9.84. The maximum Gasteiger partial charge on any atom is 0.411 e. The highest BCUT2D eigenvalue weighted by atomic mass is 16.6. The van der Waals surface area contributed by atoms with Gasteiger partial charge in [-0.25, -0.2) is 9.59 Å². The molecule has 6 heteroatoms. The Morgan fingerprint density at radius 2 is 1.45 bits per heavy atom. The first-order chi connectivity index (χ1) is 18.6. The minimum Gasteiger partial charge on any atom is -0.456 e. The summed E-state index contributed by atoms with van der Waals surface area (Å²) in [6.45, 7) is -0.0261. The van der Waals surface area contributed by atoms with Crippen LogP contribution < -0.4 is 0 Å². The van der Waals surface area contributed by atoms with Gasteiger partial charge in [-0.15, -0.1) is 0 Å². The molecule has 1 aliphatic heterocycles. The van der Waals surface area contributed by atoms with E-state index in [0.29, 0.717) is 17.9 Å². The van der Waals surface area contributed by atoms with Crippen LogP contribution in [0.15, 0.2) is 78.9 Å². The Hall–Kier alpha value is -3.93. The zero-order valence-electron chi connectivity index (χ0n) is 21.5. The molecule has 0 spiro atoms. The molecule has 5 rings (SSSR count). The lowest BCUT2D eigenvalue weighted by Gasteiger charge is -2.34. The van der Waals surface area contributed by atoms with Crippen LogP contribution in [0.5, 0.6) is 0 Å². The molecule has 0 bridgehead atoms. The number of benzene rings is 3. The molecule has 6 nitrogen and oxygen atoms in total. The molecule has 2 aliphatic rings. The fourth-order valence-corrected chi connectivity index (χ4v) is 5.42. The number of nitrogens with zero attached hydrogens (tertiary/aromatic N) is 1. The molecule has 1 heterocycles. The van der Waals surface area contributed by atoms with Crippen molar-refractivity contribution in [2.75, 3.05) is 6.61 Å². The topological polar surface area (TPSA) is 72.9 Å². The normalized spacial score (nSPS) is 17.4. The van der Waals surface area contributed by atoms with Crippen LogP contribution in [0, 0.1) is 0 Å². The zero-order chi connectivity index (χ0) is 26.3. The van der Waals surface area contributed by atoms with Gasteiger partial charge in [0.1, 0.15) is 12.6 Å². The summed E-state index contributed by atoms with van der Waals surface area (Å²) in [5, 5.41) is 0. The second-order valence-electron chi connectivity index (χ2n) is 10.1. The highest BCUT2D eigenvalue weighted by Gasteiger charge is 2.37. The van der Waals surface area contributed by atoms with E-state index in [1.54, 1.807) is 0 Å². The van der Waals surface area contributed by atoms with Crippen molar-refractivity contribution in [3.05, 3.63) is 107 Å². The van der Waals surface area contributed by atoms with Crippen LogP contribution in [0.1, 0.15) is 70.6 Å². The summed E-state index contributed by atoms with van der Waals surface area (Å²) in [4.78, 5) is 40.4. The van der Waals surface area contributed by atoms with Gasteiger partial charge in [0, 0.05) is 12.0 Å². The monoisotopic (exact) mass is 511 g/mol. The van der Waals surface area contributed by atoms with Crippen molar-refractivity contribution < 1.29 is 23.9 Å².